The second-order valence-corrected chi connectivity index (χ2v) is 8.80. The molecule has 6 nitrogen and oxygen atoms in total. The number of amides is 2. The Morgan fingerprint density at radius 3 is 2.75 bits per heavy atom. The molecule has 2 fully saturated rings. The first-order chi connectivity index (χ1) is 15.6. The van der Waals surface area contributed by atoms with Crippen LogP contribution < -0.4 is 10.1 Å². The molecule has 2 saturated heterocycles. The number of aromatic nitrogens is 1. The third kappa shape index (κ3) is 4.27. The second-order valence-electron chi connectivity index (χ2n) is 8.36. The van der Waals surface area contributed by atoms with Gasteiger partial charge in [0.2, 0.25) is 0 Å². The molecule has 1 aromatic heterocycles. The van der Waals surface area contributed by atoms with E-state index in [1.165, 1.54) is 12.1 Å². The summed E-state index contributed by atoms with van der Waals surface area (Å²) in [7, 11) is 0. The average Bonchev–Trinajstić information content (AvgIpc) is 3.50. The maximum atomic E-state index is 13.4. The monoisotopic (exact) mass is 456 g/mol. The standard InChI is InChI=1S/C24H26ClFN4O2/c25-17-3-8-22-21(14-17)23(15-30(22)19-6-4-18(26)5-7-19)32-16-20-2-1-10-28(20)12-13-29-11-9-27-24(29)31/h3-8,14-15,20H,1-2,9-13,16H2,(H,27,31)/t20-/m1/s1. The first-order valence-electron chi connectivity index (χ1n) is 11.0. The molecule has 0 radical (unpaired) electrons. The Balaban J connectivity index is 1.32. The number of halogens is 2. The number of urea groups is 1. The smallest absolute Gasteiger partial charge is 0.317 e. The predicted molar refractivity (Wildman–Crippen MR) is 123 cm³/mol. The Hall–Kier alpha value is -2.77. The molecule has 8 heteroatoms. The van der Waals surface area contributed by atoms with Crippen molar-refractivity contribution in [3.63, 3.8) is 0 Å². The average molecular weight is 457 g/mol. The number of rotatable bonds is 7. The molecule has 0 spiro atoms. The number of hydrogen-bond acceptors (Lipinski definition) is 3. The molecule has 3 aromatic rings. The van der Waals surface area contributed by atoms with E-state index in [0.29, 0.717) is 17.7 Å². The third-order valence-corrected chi connectivity index (χ3v) is 6.60. The zero-order valence-electron chi connectivity index (χ0n) is 17.8. The first-order valence-corrected chi connectivity index (χ1v) is 11.4. The number of benzene rings is 2. The van der Waals surface area contributed by atoms with Crippen molar-refractivity contribution < 1.29 is 13.9 Å². The SMILES string of the molecule is O=C1NCCN1CCN1CCC[C@@H]1COc1cn(-c2ccc(F)cc2)c2ccc(Cl)cc12. The van der Waals surface area contributed by atoms with Crippen LogP contribution >= 0.6 is 11.6 Å². The highest BCUT2D eigenvalue weighted by molar-refractivity contribution is 6.31. The summed E-state index contributed by atoms with van der Waals surface area (Å²) in [6.07, 6.45) is 4.15. The van der Waals surface area contributed by atoms with Gasteiger partial charge in [-0.25, -0.2) is 9.18 Å². The molecule has 3 heterocycles. The van der Waals surface area contributed by atoms with Gasteiger partial charge in [-0.3, -0.25) is 4.90 Å². The van der Waals surface area contributed by atoms with Gasteiger partial charge in [0, 0.05) is 48.3 Å². The van der Waals surface area contributed by atoms with Crippen molar-refractivity contribution in [3.8, 4) is 11.4 Å². The van der Waals surface area contributed by atoms with Crippen LogP contribution in [0, 0.1) is 5.82 Å². The topological polar surface area (TPSA) is 49.7 Å². The Labute approximate surface area is 191 Å². The molecule has 1 atom stereocenters. The van der Waals surface area contributed by atoms with Crippen LogP contribution in [0.4, 0.5) is 9.18 Å². The highest BCUT2D eigenvalue weighted by atomic mass is 35.5. The number of likely N-dealkylation sites (tertiary alicyclic amines) is 1. The van der Waals surface area contributed by atoms with Crippen molar-refractivity contribution in [2.45, 2.75) is 18.9 Å². The molecule has 2 aliphatic heterocycles. The highest BCUT2D eigenvalue weighted by Gasteiger charge is 2.27. The zero-order chi connectivity index (χ0) is 22.1. The lowest BCUT2D eigenvalue weighted by atomic mass is 10.2. The second kappa shape index (κ2) is 9.00. The van der Waals surface area contributed by atoms with Crippen LogP contribution in [0.3, 0.4) is 0 Å². The van der Waals surface area contributed by atoms with Crippen LogP contribution in [0.2, 0.25) is 5.02 Å². The van der Waals surface area contributed by atoms with Gasteiger partial charge in [0.1, 0.15) is 18.2 Å². The Kier molecular flexibility index (Phi) is 5.93. The summed E-state index contributed by atoms with van der Waals surface area (Å²) in [5.41, 5.74) is 1.82. The molecular weight excluding hydrogens is 431 g/mol. The van der Waals surface area contributed by atoms with Crippen LogP contribution in [-0.2, 0) is 0 Å². The Morgan fingerprint density at radius 2 is 1.97 bits per heavy atom. The van der Waals surface area contributed by atoms with Crippen LogP contribution in [0.25, 0.3) is 16.6 Å². The molecule has 1 N–H and O–H groups in total. The van der Waals surface area contributed by atoms with Crippen LogP contribution in [0.15, 0.2) is 48.7 Å². The van der Waals surface area contributed by atoms with Gasteiger partial charge in [-0.15, -0.1) is 0 Å². The van der Waals surface area contributed by atoms with Crippen LogP contribution in [0.1, 0.15) is 12.8 Å². The highest BCUT2D eigenvalue weighted by Crippen LogP contribution is 2.33. The molecule has 2 aromatic carbocycles. The van der Waals surface area contributed by atoms with Gasteiger partial charge in [0.15, 0.2) is 0 Å². The van der Waals surface area contributed by atoms with Gasteiger partial charge in [-0.2, -0.15) is 0 Å². The molecule has 5 rings (SSSR count). The summed E-state index contributed by atoms with van der Waals surface area (Å²) in [5.74, 6) is 0.495. The van der Waals surface area contributed by atoms with E-state index in [0.717, 1.165) is 67.9 Å². The van der Waals surface area contributed by atoms with Crippen molar-refractivity contribution >= 4 is 28.5 Å². The van der Waals surface area contributed by atoms with Crippen LogP contribution in [-0.4, -0.2) is 65.8 Å². The molecular formula is C24H26ClFN4O2. The predicted octanol–water partition coefficient (Wildman–Crippen LogP) is 4.29. The number of ether oxygens (including phenoxy) is 1. The van der Waals surface area contributed by atoms with E-state index in [1.807, 2.05) is 33.9 Å². The number of fused-ring (bicyclic) bond motifs is 1. The molecule has 0 bridgehead atoms. The number of carbonyl (C=O) groups is 1. The first kappa shape index (κ1) is 21.1. The Morgan fingerprint density at radius 1 is 1.12 bits per heavy atom. The largest absolute Gasteiger partial charge is 0.490 e. The van der Waals surface area contributed by atoms with E-state index >= 15 is 0 Å². The van der Waals surface area contributed by atoms with E-state index < -0.39 is 0 Å². The molecule has 2 amide bonds. The maximum Gasteiger partial charge on any atom is 0.317 e. The van der Waals surface area contributed by atoms with Gasteiger partial charge < -0.3 is 19.5 Å². The fourth-order valence-electron chi connectivity index (χ4n) is 4.64. The van der Waals surface area contributed by atoms with Crippen molar-refractivity contribution in [3.05, 3.63) is 59.5 Å². The normalized spacial score (nSPS) is 19.1. The number of hydrogen-bond donors (Lipinski definition) is 1. The quantitative estimate of drug-likeness (QED) is 0.577. The van der Waals surface area contributed by atoms with Gasteiger partial charge in [-0.1, -0.05) is 11.6 Å². The van der Waals surface area contributed by atoms with E-state index in [2.05, 4.69) is 10.2 Å². The molecule has 168 valence electrons. The minimum Gasteiger partial charge on any atom is -0.490 e. The van der Waals surface area contributed by atoms with Gasteiger partial charge in [0.25, 0.3) is 0 Å². The molecule has 32 heavy (non-hydrogen) atoms. The molecule has 2 aliphatic rings. The van der Waals surface area contributed by atoms with Crippen molar-refractivity contribution in [2.24, 2.45) is 0 Å². The number of carbonyl (C=O) groups excluding carboxylic acids is 1. The number of nitrogens with zero attached hydrogens (tertiary/aromatic N) is 3. The van der Waals surface area contributed by atoms with Gasteiger partial charge in [0.05, 0.1) is 11.7 Å². The van der Waals surface area contributed by atoms with E-state index in [9.17, 15) is 9.18 Å². The third-order valence-electron chi connectivity index (χ3n) is 6.37. The van der Waals surface area contributed by atoms with Crippen molar-refractivity contribution in [2.75, 3.05) is 39.3 Å². The van der Waals surface area contributed by atoms with E-state index in [-0.39, 0.29) is 11.8 Å². The maximum absolute atomic E-state index is 13.4. The minimum atomic E-state index is -0.266. The summed E-state index contributed by atoms with van der Waals surface area (Å²) < 4.78 is 21.7. The van der Waals surface area contributed by atoms with Gasteiger partial charge >= 0.3 is 6.03 Å². The summed E-state index contributed by atoms with van der Waals surface area (Å²) in [6, 6.07) is 12.5. The van der Waals surface area contributed by atoms with Crippen LogP contribution in [0.5, 0.6) is 5.75 Å². The lowest BCUT2D eigenvalue weighted by Crippen LogP contribution is -2.41. The lowest BCUT2D eigenvalue weighted by Gasteiger charge is -2.26. The lowest BCUT2D eigenvalue weighted by molar-refractivity contribution is 0.159. The summed E-state index contributed by atoms with van der Waals surface area (Å²) in [4.78, 5) is 16.1. The molecule has 0 unspecified atom stereocenters. The van der Waals surface area contributed by atoms with E-state index in [4.69, 9.17) is 16.3 Å². The summed E-state index contributed by atoms with van der Waals surface area (Å²) >= 11 is 6.27. The molecule has 0 aliphatic carbocycles. The molecule has 0 saturated carbocycles. The number of nitrogens with one attached hydrogen (secondary N) is 1. The fourth-order valence-corrected chi connectivity index (χ4v) is 4.81. The summed E-state index contributed by atoms with van der Waals surface area (Å²) in [5, 5.41) is 4.43. The minimum absolute atomic E-state index is 0.0301. The van der Waals surface area contributed by atoms with Crippen molar-refractivity contribution in [1.82, 2.24) is 19.7 Å². The zero-order valence-corrected chi connectivity index (χ0v) is 18.5. The summed E-state index contributed by atoms with van der Waals surface area (Å²) in [6.45, 7) is 4.68. The Bertz CT molecular complexity index is 1120. The fraction of sp³-hybridized carbons (Fsp3) is 0.375. The van der Waals surface area contributed by atoms with Crippen molar-refractivity contribution in [1.29, 1.82) is 0 Å². The van der Waals surface area contributed by atoms with Gasteiger partial charge in [-0.05, 0) is 61.9 Å². The van der Waals surface area contributed by atoms with E-state index in [1.54, 1.807) is 12.1 Å².